The summed E-state index contributed by atoms with van der Waals surface area (Å²) in [7, 11) is 2.75. The first kappa shape index (κ1) is 12.6. The van der Waals surface area contributed by atoms with Crippen LogP contribution in [0.2, 0.25) is 0 Å². The fourth-order valence-corrected chi connectivity index (χ4v) is 0.853. The Morgan fingerprint density at radius 2 is 1.93 bits per heavy atom. The topological polar surface area (TPSA) is 84.5 Å². The molecule has 0 bridgehead atoms. The van der Waals surface area contributed by atoms with E-state index in [1.54, 1.807) is 7.05 Å². The molecule has 80 valence electrons. The highest BCUT2D eigenvalue weighted by Crippen LogP contribution is 2.01. The molecule has 14 heavy (non-hydrogen) atoms. The maximum absolute atomic E-state index is 11.3. The van der Waals surface area contributed by atoms with Gasteiger partial charge in [-0.1, -0.05) is 0 Å². The first-order valence-corrected chi connectivity index (χ1v) is 4.05. The first-order valence-electron chi connectivity index (χ1n) is 4.05. The number of hydrogen-bond acceptors (Lipinski definition) is 5. The Kier molecular flexibility index (Phi) is 5.47. The van der Waals surface area contributed by atoms with Crippen LogP contribution in [0.5, 0.6) is 0 Å². The largest absolute Gasteiger partial charge is 0.468 e. The Hall–Kier alpha value is -1.43. The molecule has 0 saturated heterocycles. The summed E-state index contributed by atoms with van der Waals surface area (Å²) in [6.07, 6.45) is 0. The molecule has 1 unspecified atom stereocenters. The lowest BCUT2D eigenvalue weighted by Gasteiger charge is -2.11. The van der Waals surface area contributed by atoms with Crippen LogP contribution < -0.4 is 10.6 Å². The third-order valence-corrected chi connectivity index (χ3v) is 1.54. The van der Waals surface area contributed by atoms with Crippen molar-refractivity contribution in [2.45, 2.75) is 6.92 Å². The molecule has 0 fully saturated rings. The molecule has 0 aromatic rings. The number of esters is 1. The molecule has 0 heterocycles. The van der Waals surface area contributed by atoms with Gasteiger partial charge in [0.1, 0.15) is 0 Å². The van der Waals surface area contributed by atoms with Crippen LogP contribution in [0.15, 0.2) is 0 Å². The smallest absolute Gasteiger partial charge is 0.325 e. The van der Waals surface area contributed by atoms with Crippen LogP contribution in [-0.4, -0.2) is 38.5 Å². The molecule has 0 aromatic heterocycles. The van der Waals surface area contributed by atoms with Gasteiger partial charge in [-0.05, 0) is 14.0 Å². The Morgan fingerprint density at radius 1 is 1.36 bits per heavy atom. The lowest BCUT2D eigenvalue weighted by atomic mass is 10.1. The van der Waals surface area contributed by atoms with E-state index in [1.807, 2.05) is 0 Å². The highest BCUT2D eigenvalue weighted by atomic mass is 16.5. The minimum Gasteiger partial charge on any atom is -0.468 e. The normalized spacial score (nSPS) is 11.6. The van der Waals surface area contributed by atoms with Crippen molar-refractivity contribution >= 4 is 17.7 Å². The van der Waals surface area contributed by atoms with E-state index in [2.05, 4.69) is 15.4 Å². The number of ether oxygens (including phenoxy) is 1. The fraction of sp³-hybridized carbons (Fsp3) is 0.625. The summed E-state index contributed by atoms with van der Waals surface area (Å²) in [6.45, 7) is 1.36. The van der Waals surface area contributed by atoms with Crippen LogP contribution >= 0.6 is 0 Å². The Balaban J connectivity index is 4.42. The van der Waals surface area contributed by atoms with Gasteiger partial charge in [0.15, 0.2) is 11.7 Å². The van der Waals surface area contributed by atoms with Gasteiger partial charge in [-0.15, -0.1) is 0 Å². The molecule has 1 atom stereocenters. The van der Waals surface area contributed by atoms with E-state index >= 15 is 0 Å². The minimum atomic E-state index is -1.37. The molecule has 6 nitrogen and oxygen atoms in total. The lowest BCUT2D eigenvalue weighted by molar-refractivity contribution is -0.153. The average molecular weight is 202 g/mol. The number of carbonyl (C=O) groups is 3. The summed E-state index contributed by atoms with van der Waals surface area (Å²) in [6, 6.07) is 0. The van der Waals surface area contributed by atoms with Gasteiger partial charge < -0.3 is 15.4 Å². The minimum absolute atomic E-state index is 0.194. The van der Waals surface area contributed by atoms with E-state index in [-0.39, 0.29) is 6.67 Å². The van der Waals surface area contributed by atoms with Gasteiger partial charge >= 0.3 is 5.97 Å². The molecule has 0 aliphatic rings. The number of methoxy groups -OCH3 is 1. The molecule has 2 N–H and O–H groups in total. The van der Waals surface area contributed by atoms with Crippen LogP contribution in [0.3, 0.4) is 0 Å². The number of carbonyl (C=O) groups excluding carboxylic acids is 3. The van der Waals surface area contributed by atoms with Gasteiger partial charge in [0, 0.05) is 0 Å². The van der Waals surface area contributed by atoms with Gasteiger partial charge in [0.2, 0.25) is 5.91 Å². The van der Waals surface area contributed by atoms with E-state index in [1.165, 1.54) is 6.92 Å². The zero-order valence-corrected chi connectivity index (χ0v) is 8.42. The summed E-state index contributed by atoms with van der Waals surface area (Å²) in [5, 5.41) is 5.01. The predicted octanol–water partition coefficient (Wildman–Crippen LogP) is -1.34. The monoisotopic (exact) mass is 202 g/mol. The van der Waals surface area contributed by atoms with Crippen molar-refractivity contribution in [1.82, 2.24) is 10.6 Å². The van der Waals surface area contributed by atoms with Crippen LogP contribution in [0.25, 0.3) is 0 Å². The Labute approximate surface area is 82.0 Å². The Bertz CT molecular complexity index is 239. The first-order chi connectivity index (χ1) is 6.54. The maximum Gasteiger partial charge on any atom is 0.325 e. The summed E-state index contributed by atoms with van der Waals surface area (Å²) in [4.78, 5) is 33.3. The van der Waals surface area contributed by atoms with Gasteiger partial charge in [0.25, 0.3) is 0 Å². The van der Waals surface area contributed by atoms with Crippen LogP contribution in [0.4, 0.5) is 0 Å². The number of hydrogen-bond donors (Lipinski definition) is 2. The molecule has 0 aliphatic carbocycles. The molecule has 0 radical (unpaired) electrons. The van der Waals surface area contributed by atoms with E-state index < -0.39 is 23.6 Å². The summed E-state index contributed by atoms with van der Waals surface area (Å²) >= 11 is 0. The number of nitrogens with one attached hydrogen (secondary N) is 2. The molecule has 1 amide bonds. The van der Waals surface area contributed by atoms with Crippen molar-refractivity contribution in [1.29, 1.82) is 0 Å². The second-order valence-electron chi connectivity index (χ2n) is 2.64. The maximum atomic E-state index is 11.3. The van der Waals surface area contributed by atoms with E-state index in [9.17, 15) is 14.4 Å². The van der Waals surface area contributed by atoms with Crippen molar-refractivity contribution in [3.05, 3.63) is 0 Å². The second-order valence-corrected chi connectivity index (χ2v) is 2.64. The van der Waals surface area contributed by atoms with Gasteiger partial charge in [-0.2, -0.15) is 0 Å². The number of ketones is 1. The highest BCUT2D eigenvalue weighted by molar-refractivity contribution is 6.15. The predicted molar refractivity (Wildman–Crippen MR) is 48.3 cm³/mol. The van der Waals surface area contributed by atoms with Gasteiger partial charge in [-0.3, -0.25) is 14.4 Å². The summed E-state index contributed by atoms with van der Waals surface area (Å²) in [5.74, 6) is -3.40. The van der Waals surface area contributed by atoms with Crippen molar-refractivity contribution in [2.75, 3.05) is 20.8 Å². The molecule has 0 spiro atoms. The highest BCUT2D eigenvalue weighted by Gasteiger charge is 2.31. The lowest BCUT2D eigenvalue weighted by Crippen LogP contribution is -2.42. The molecule has 0 saturated carbocycles. The zero-order chi connectivity index (χ0) is 11.1. The number of Topliss-reactive ketones (excluding diaryl/α,β-unsaturated/α-hetero) is 1. The van der Waals surface area contributed by atoms with Crippen molar-refractivity contribution in [2.24, 2.45) is 5.92 Å². The molecule has 0 aliphatic heterocycles. The van der Waals surface area contributed by atoms with Crippen LogP contribution in [-0.2, 0) is 19.1 Å². The standard InChI is InChI=1S/C8H14N2O4/c1-5(11)6(8(13)14-3)7(12)10-4-9-2/h6,9H,4H2,1-3H3,(H,10,12). The van der Waals surface area contributed by atoms with E-state index in [4.69, 9.17) is 0 Å². The SMILES string of the molecule is CNCNC(=O)C(C(C)=O)C(=O)OC. The third-order valence-electron chi connectivity index (χ3n) is 1.54. The molecular weight excluding hydrogens is 188 g/mol. The molecule has 6 heteroatoms. The second kappa shape index (κ2) is 6.09. The van der Waals surface area contributed by atoms with Crippen molar-refractivity contribution in [3.8, 4) is 0 Å². The number of amides is 1. The van der Waals surface area contributed by atoms with Crippen molar-refractivity contribution < 1.29 is 19.1 Å². The molecular formula is C8H14N2O4. The Morgan fingerprint density at radius 3 is 2.29 bits per heavy atom. The third kappa shape index (κ3) is 3.53. The van der Waals surface area contributed by atoms with Gasteiger partial charge in [0.05, 0.1) is 13.8 Å². The van der Waals surface area contributed by atoms with Crippen LogP contribution in [0, 0.1) is 5.92 Å². The van der Waals surface area contributed by atoms with Crippen LogP contribution in [0.1, 0.15) is 6.92 Å². The molecule has 0 aromatic carbocycles. The zero-order valence-electron chi connectivity index (χ0n) is 8.42. The quantitative estimate of drug-likeness (QED) is 0.327. The van der Waals surface area contributed by atoms with E-state index in [0.29, 0.717) is 0 Å². The van der Waals surface area contributed by atoms with Crippen molar-refractivity contribution in [3.63, 3.8) is 0 Å². The number of rotatable bonds is 5. The molecule has 0 rings (SSSR count). The summed E-state index contributed by atoms with van der Waals surface area (Å²) < 4.78 is 4.33. The summed E-state index contributed by atoms with van der Waals surface area (Å²) in [5.41, 5.74) is 0. The fourth-order valence-electron chi connectivity index (χ4n) is 0.853. The van der Waals surface area contributed by atoms with E-state index in [0.717, 1.165) is 7.11 Å². The van der Waals surface area contributed by atoms with Gasteiger partial charge in [-0.25, -0.2) is 0 Å². The average Bonchev–Trinajstić information content (AvgIpc) is 2.14.